The van der Waals surface area contributed by atoms with Crippen LogP contribution in [0.4, 0.5) is 17.1 Å². The molecule has 6 bridgehead atoms. The van der Waals surface area contributed by atoms with E-state index in [1.54, 1.807) is 11.1 Å². The van der Waals surface area contributed by atoms with Crippen LogP contribution in [0.3, 0.4) is 0 Å². The summed E-state index contributed by atoms with van der Waals surface area (Å²) in [7, 11) is 0. The number of hydrogen-bond donors (Lipinski definition) is 0. The minimum Gasteiger partial charge on any atom is -0.366 e. The molecule has 5 aliphatic carbocycles. The normalized spacial score (nSPS) is 28.2. The SMILES string of the molecule is CC1(C)c2ccccc2-c2ccc(N(c3ccc(-c4ccc5c(c4)C4(OC6CCC7C(CCC57)C6)C5CCCC4CCC5)cc3)c3ccccc3-c3ccccc3)cc21. The molecule has 6 aromatic carbocycles. The van der Waals surface area contributed by atoms with E-state index in [0.29, 0.717) is 23.9 Å². The Morgan fingerprint density at radius 1 is 0.508 bits per heavy atom. The van der Waals surface area contributed by atoms with Gasteiger partial charge in [-0.05, 0) is 174 Å². The first-order valence-corrected chi connectivity index (χ1v) is 23.1. The van der Waals surface area contributed by atoms with Gasteiger partial charge in [-0.3, -0.25) is 0 Å². The Hall–Kier alpha value is -4.92. The van der Waals surface area contributed by atoms with Crippen molar-refractivity contribution in [1.82, 2.24) is 0 Å². The molecule has 2 heterocycles. The Morgan fingerprint density at radius 2 is 1.19 bits per heavy atom. The van der Waals surface area contributed by atoms with Crippen molar-refractivity contribution < 1.29 is 4.74 Å². The first-order valence-electron chi connectivity index (χ1n) is 23.1. The highest BCUT2D eigenvalue weighted by Crippen LogP contribution is 2.62. The van der Waals surface area contributed by atoms with Crippen molar-refractivity contribution in [3.63, 3.8) is 0 Å². The third kappa shape index (κ3) is 5.54. The molecular formula is C57H57NO. The summed E-state index contributed by atoms with van der Waals surface area (Å²) in [6.07, 6.45) is 15.1. The van der Waals surface area contributed by atoms with Gasteiger partial charge in [-0.15, -0.1) is 0 Å². The molecule has 0 amide bonds. The number of fused-ring (bicyclic) bond motifs is 4. The highest BCUT2D eigenvalue weighted by molar-refractivity contribution is 5.91. The average molecular weight is 772 g/mol. The first-order chi connectivity index (χ1) is 29.0. The number of rotatable bonds is 5. The van der Waals surface area contributed by atoms with Crippen LogP contribution < -0.4 is 4.90 Å². The Kier molecular flexibility index (Phi) is 8.42. The summed E-state index contributed by atoms with van der Waals surface area (Å²) in [4.78, 5) is 2.49. The summed E-state index contributed by atoms with van der Waals surface area (Å²) < 4.78 is 7.78. The third-order valence-electron chi connectivity index (χ3n) is 16.5. The predicted octanol–water partition coefficient (Wildman–Crippen LogP) is 15.3. The number of para-hydroxylation sites is 1. The number of anilines is 3. The van der Waals surface area contributed by atoms with Gasteiger partial charge in [0.1, 0.15) is 0 Å². The van der Waals surface area contributed by atoms with Crippen molar-refractivity contribution in [2.45, 2.75) is 108 Å². The van der Waals surface area contributed by atoms with E-state index in [2.05, 4.69) is 158 Å². The van der Waals surface area contributed by atoms with Crippen molar-refractivity contribution in [3.8, 4) is 33.4 Å². The lowest BCUT2D eigenvalue weighted by Crippen LogP contribution is -2.52. The van der Waals surface area contributed by atoms with Gasteiger partial charge < -0.3 is 9.64 Å². The molecule has 0 aromatic heterocycles. The molecule has 2 nitrogen and oxygen atoms in total. The van der Waals surface area contributed by atoms with Crippen LogP contribution >= 0.6 is 0 Å². The maximum Gasteiger partial charge on any atom is 0.0993 e. The fourth-order valence-corrected chi connectivity index (χ4v) is 13.9. The van der Waals surface area contributed by atoms with E-state index in [9.17, 15) is 0 Å². The highest BCUT2D eigenvalue weighted by Gasteiger charge is 2.57. The lowest BCUT2D eigenvalue weighted by molar-refractivity contribution is -0.209. The van der Waals surface area contributed by atoms with Gasteiger partial charge in [0.25, 0.3) is 0 Å². The van der Waals surface area contributed by atoms with Gasteiger partial charge in [-0.2, -0.15) is 0 Å². The quantitative estimate of drug-likeness (QED) is 0.173. The maximum absolute atomic E-state index is 7.78. The molecule has 6 aromatic rings. The summed E-state index contributed by atoms with van der Waals surface area (Å²) in [6.45, 7) is 4.77. The summed E-state index contributed by atoms with van der Waals surface area (Å²) in [5, 5.41) is 0. The van der Waals surface area contributed by atoms with Crippen molar-refractivity contribution >= 4 is 17.1 Å². The minimum atomic E-state index is -0.120. The molecule has 2 heteroatoms. The molecule has 59 heavy (non-hydrogen) atoms. The van der Waals surface area contributed by atoms with E-state index >= 15 is 0 Å². The second-order valence-electron chi connectivity index (χ2n) is 19.7. The summed E-state index contributed by atoms with van der Waals surface area (Å²) in [5.41, 5.74) is 17.2. The standard InChI is InChI=1S/C57H57NO/c1-56(2)52-20-8-6-19-49(52)51-32-28-44(36-53(51)56)58(55-21-9-7-18-47(55)38-12-4-3-5-13-38)43-26-22-37(23-27-43)39-24-31-50-48-30-25-40-34-45(29-33-46(40)48)59-57(54(50)35-39)41-14-10-15-42(57)17-11-16-41/h3-9,12-13,18-24,26-28,31-32,35-36,40-42,45-46,48H,10-11,14-17,25,29-30,33-34H2,1-2H3. The molecule has 0 radical (unpaired) electrons. The van der Waals surface area contributed by atoms with E-state index < -0.39 is 0 Å². The molecule has 4 unspecified atom stereocenters. The van der Waals surface area contributed by atoms with Gasteiger partial charge in [0.2, 0.25) is 0 Å². The Morgan fingerprint density at radius 3 is 1.98 bits per heavy atom. The first kappa shape index (κ1) is 36.0. The monoisotopic (exact) mass is 771 g/mol. The van der Waals surface area contributed by atoms with Crippen LogP contribution in [0.2, 0.25) is 0 Å². The van der Waals surface area contributed by atoms with E-state index in [1.807, 2.05) is 0 Å². The van der Waals surface area contributed by atoms with Gasteiger partial charge in [0.15, 0.2) is 0 Å². The predicted molar refractivity (Wildman–Crippen MR) is 244 cm³/mol. The van der Waals surface area contributed by atoms with E-state index in [-0.39, 0.29) is 11.0 Å². The van der Waals surface area contributed by atoms with Crippen LogP contribution in [0.1, 0.15) is 113 Å². The van der Waals surface area contributed by atoms with E-state index in [4.69, 9.17) is 4.74 Å². The van der Waals surface area contributed by atoms with Gasteiger partial charge in [-0.25, -0.2) is 0 Å². The van der Waals surface area contributed by atoms with Crippen LogP contribution in [0.5, 0.6) is 0 Å². The zero-order chi connectivity index (χ0) is 39.3. The number of ether oxygens (including phenoxy) is 1. The Balaban J connectivity index is 0.987. The van der Waals surface area contributed by atoms with Gasteiger partial charge in [-0.1, -0.05) is 130 Å². The Bertz CT molecular complexity index is 2530. The zero-order valence-corrected chi connectivity index (χ0v) is 34.9. The smallest absolute Gasteiger partial charge is 0.0993 e. The molecule has 13 rings (SSSR count). The zero-order valence-electron chi connectivity index (χ0n) is 34.9. The summed E-state index contributed by atoms with van der Waals surface area (Å²) in [6, 6.07) is 53.2. The van der Waals surface area contributed by atoms with Crippen molar-refractivity contribution in [1.29, 1.82) is 0 Å². The summed E-state index contributed by atoms with van der Waals surface area (Å²) >= 11 is 0. The van der Waals surface area contributed by atoms with Crippen LogP contribution in [-0.2, 0) is 15.8 Å². The maximum atomic E-state index is 7.78. The molecule has 4 saturated carbocycles. The molecule has 4 fully saturated rings. The van der Waals surface area contributed by atoms with Gasteiger partial charge in [0, 0.05) is 22.4 Å². The highest BCUT2D eigenvalue weighted by atomic mass is 16.5. The molecule has 296 valence electrons. The summed E-state index contributed by atoms with van der Waals surface area (Å²) in [5.74, 6) is 3.66. The lowest BCUT2D eigenvalue weighted by Gasteiger charge is -2.55. The average Bonchev–Trinajstić information content (AvgIpc) is 3.81. The Labute approximate surface area is 351 Å². The van der Waals surface area contributed by atoms with Crippen LogP contribution in [0.15, 0.2) is 140 Å². The fraction of sp³-hybridized carbons (Fsp3) is 0.368. The van der Waals surface area contributed by atoms with Gasteiger partial charge >= 0.3 is 0 Å². The lowest BCUT2D eigenvalue weighted by atomic mass is 9.57. The molecule has 4 atom stereocenters. The minimum absolute atomic E-state index is 0.0867. The van der Waals surface area contributed by atoms with Gasteiger partial charge in [0.05, 0.1) is 17.4 Å². The number of benzene rings is 6. The largest absolute Gasteiger partial charge is 0.366 e. The number of nitrogens with zero attached hydrogens (tertiary/aromatic N) is 1. The topological polar surface area (TPSA) is 12.5 Å². The number of hydrogen-bond acceptors (Lipinski definition) is 2. The molecule has 1 spiro atoms. The molecule has 2 aliphatic heterocycles. The molecule has 7 aliphatic rings. The van der Waals surface area contributed by atoms with Crippen molar-refractivity contribution in [3.05, 3.63) is 162 Å². The molecule has 0 N–H and O–H groups in total. The van der Waals surface area contributed by atoms with Crippen LogP contribution in [0, 0.1) is 23.7 Å². The molecular weight excluding hydrogens is 715 g/mol. The second kappa shape index (κ2) is 13.8. The van der Waals surface area contributed by atoms with Crippen LogP contribution in [0.25, 0.3) is 33.4 Å². The third-order valence-corrected chi connectivity index (χ3v) is 16.5. The molecule has 0 saturated heterocycles. The van der Waals surface area contributed by atoms with Crippen LogP contribution in [-0.4, -0.2) is 6.10 Å². The van der Waals surface area contributed by atoms with Crippen molar-refractivity contribution in [2.24, 2.45) is 23.7 Å². The van der Waals surface area contributed by atoms with Crippen molar-refractivity contribution in [2.75, 3.05) is 4.90 Å². The van der Waals surface area contributed by atoms with E-state index in [1.165, 1.54) is 132 Å². The fourth-order valence-electron chi connectivity index (χ4n) is 13.9. The second-order valence-corrected chi connectivity index (χ2v) is 19.7. The van der Waals surface area contributed by atoms with E-state index in [0.717, 1.165) is 11.8 Å².